The molecule has 0 amide bonds. The maximum atomic E-state index is 12.9. The number of likely N-dealkylation sites (N-methyl/N-ethyl adjacent to an activating group) is 1. The third kappa shape index (κ3) is 58.7. The fourth-order valence-electron chi connectivity index (χ4n) is 9.15. The largest absolute Gasteiger partial charge is 0.545 e. The number of carbonyl (C=O) groups is 3. The van der Waals surface area contributed by atoms with Crippen molar-refractivity contribution in [2.24, 2.45) is 0 Å². The van der Waals surface area contributed by atoms with Crippen LogP contribution in [0.1, 0.15) is 290 Å². The predicted molar refractivity (Wildman–Crippen MR) is 320 cm³/mol. The van der Waals surface area contributed by atoms with Crippen LogP contribution in [0.3, 0.4) is 0 Å². The number of unbranched alkanes of at least 4 members (excludes halogenated alkanes) is 34. The summed E-state index contributed by atoms with van der Waals surface area (Å²) in [5.74, 6) is -2.28. The Hall–Kier alpha value is -3.01. The lowest BCUT2D eigenvalue weighted by molar-refractivity contribution is -0.870. The quantitative estimate of drug-likeness (QED) is 0.0195. The van der Waals surface area contributed by atoms with E-state index in [-0.39, 0.29) is 32.2 Å². The Labute approximate surface area is 469 Å². The molecule has 442 valence electrons. The van der Waals surface area contributed by atoms with E-state index in [4.69, 9.17) is 18.9 Å². The number of quaternary nitrogens is 1. The number of carboxylic acid groups (broad SMARTS) is 1. The first-order chi connectivity index (χ1) is 37.1. The number of carbonyl (C=O) groups excluding carboxylic acids is 3. The van der Waals surface area contributed by atoms with Crippen molar-refractivity contribution in [2.45, 2.75) is 302 Å². The molecule has 0 radical (unpaired) electrons. The first-order valence-corrected chi connectivity index (χ1v) is 31.9. The van der Waals surface area contributed by atoms with Crippen LogP contribution in [0.25, 0.3) is 0 Å². The Kier molecular flexibility index (Phi) is 55.8. The Bertz CT molecular complexity index is 1430. The van der Waals surface area contributed by atoms with Crippen molar-refractivity contribution in [3.05, 3.63) is 60.8 Å². The molecule has 0 saturated heterocycles. The summed E-state index contributed by atoms with van der Waals surface area (Å²) in [5, 5.41) is 11.8. The average molecular weight is 1070 g/mol. The summed E-state index contributed by atoms with van der Waals surface area (Å²) >= 11 is 0. The molecule has 0 rings (SSSR count). The van der Waals surface area contributed by atoms with E-state index in [2.05, 4.69) is 74.6 Å². The summed E-state index contributed by atoms with van der Waals surface area (Å²) in [7, 11) is 5.93. The van der Waals surface area contributed by atoms with Crippen LogP contribution in [0, 0.1) is 0 Å². The molecule has 0 aliphatic rings. The maximum Gasteiger partial charge on any atom is 0.306 e. The van der Waals surface area contributed by atoms with E-state index in [1.54, 1.807) is 0 Å². The highest BCUT2D eigenvalue weighted by molar-refractivity contribution is 5.70. The van der Waals surface area contributed by atoms with Gasteiger partial charge in [-0.3, -0.25) is 9.59 Å². The van der Waals surface area contributed by atoms with Gasteiger partial charge in [-0.1, -0.05) is 280 Å². The van der Waals surface area contributed by atoms with Crippen LogP contribution >= 0.6 is 0 Å². The van der Waals surface area contributed by atoms with Gasteiger partial charge in [0.2, 0.25) is 0 Å². The van der Waals surface area contributed by atoms with Gasteiger partial charge in [-0.25, -0.2) is 0 Å². The van der Waals surface area contributed by atoms with Crippen molar-refractivity contribution in [3.63, 3.8) is 0 Å². The zero-order valence-electron chi connectivity index (χ0n) is 50.4. The number of carboxylic acids is 1. The van der Waals surface area contributed by atoms with Gasteiger partial charge < -0.3 is 33.3 Å². The monoisotopic (exact) mass is 1070 g/mol. The number of aliphatic carboxylic acids is 1. The smallest absolute Gasteiger partial charge is 0.306 e. The molecule has 0 spiro atoms. The third-order valence-electron chi connectivity index (χ3n) is 14.0. The van der Waals surface area contributed by atoms with Crippen molar-refractivity contribution >= 4 is 17.9 Å². The van der Waals surface area contributed by atoms with Crippen molar-refractivity contribution in [1.29, 1.82) is 0 Å². The molecule has 0 aromatic rings. The van der Waals surface area contributed by atoms with Gasteiger partial charge in [-0.2, -0.15) is 0 Å². The normalized spacial score (nSPS) is 13.1. The van der Waals surface area contributed by atoms with Crippen LogP contribution in [0.15, 0.2) is 60.8 Å². The molecule has 2 atom stereocenters. The fourth-order valence-corrected chi connectivity index (χ4v) is 9.15. The minimum absolute atomic E-state index is 0.146. The van der Waals surface area contributed by atoms with Gasteiger partial charge in [-0.15, -0.1) is 0 Å². The molecule has 0 bridgehead atoms. The molecule has 76 heavy (non-hydrogen) atoms. The van der Waals surface area contributed by atoms with E-state index in [1.807, 2.05) is 21.1 Å². The molecule has 0 saturated carbocycles. The molecule has 0 N–H and O–H groups in total. The molecule has 9 nitrogen and oxygen atoms in total. The molecule has 0 aromatic carbocycles. The molecule has 0 aliphatic heterocycles. The highest BCUT2D eigenvalue weighted by atomic mass is 16.7. The highest BCUT2D eigenvalue weighted by Gasteiger charge is 2.22. The van der Waals surface area contributed by atoms with E-state index in [1.165, 1.54) is 180 Å². The van der Waals surface area contributed by atoms with E-state index >= 15 is 0 Å². The summed E-state index contributed by atoms with van der Waals surface area (Å²) in [6.07, 6.45) is 71.4. The molecule has 2 unspecified atom stereocenters. The van der Waals surface area contributed by atoms with Gasteiger partial charge >= 0.3 is 11.9 Å². The van der Waals surface area contributed by atoms with E-state index in [0.29, 0.717) is 23.9 Å². The van der Waals surface area contributed by atoms with Gasteiger partial charge in [0.05, 0.1) is 40.3 Å². The minimum Gasteiger partial charge on any atom is -0.545 e. The average Bonchev–Trinajstić information content (AvgIpc) is 3.39. The van der Waals surface area contributed by atoms with Crippen molar-refractivity contribution in [2.75, 3.05) is 47.5 Å². The summed E-state index contributed by atoms with van der Waals surface area (Å²) in [4.78, 5) is 37.4. The van der Waals surface area contributed by atoms with Crippen LogP contribution in [0.4, 0.5) is 0 Å². The first kappa shape index (κ1) is 73.0. The van der Waals surface area contributed by atoms with Crippen LogP contribution in [-0.4, -0.2) is 82.3 Å². The lowest BCUT2D eigenvalue weighted by Gasteiger charge is -2.26. The predicted octanol–water partition coefficient (Wildman–Crippen LogP) is 17.9. The topological polar surface area (TPSA) is 111 Å². The number of ether oxygens (including phenoxy) is 4. The summed E-state index contributed by atoms with van der Waals surface area (Å²) in [6.45, 7) is 4.67. The van der Waals surface area contributed by atoms with E-state index in [9.17, 15) is 19.5 Å². The second-order valence-electron chi connectivity index (χ2n) is 22.7. The lowest BCUT2D eigenvalue weighted by atomic mass is 10.0. The summed E-state index contributed by atoms with van der Waals surface area (Å²) in [6, 6.07) is 0. The molecule has 0 fully saturated rings. The Balaban J connectivity index is 4.17. The molecule has 0 aromatic heterocycles. The number of allylic oxidation sites excluding steroid dienone is 10. The number of nitrogens with zero attached hydrogens (tertiary/aromatic N) is 1. The van der Waals surface area contributed by atoms with Crippen LogP contribution in [0.5, 0.6) is 0 Å². The number of esters is 2. The number of hydrogen-bond acceptors (Lipinski definition) is 8. The SMILES string of the molecule is CC/C=C\C/C=C\C/C=C\C/C=C\C/C=C\CCCCCCCCCCCC(=O)OC(COC(=O)CCCCCCCCCCCCCCCCCCCCCCCCCCCC)COC(OCC[N+](C)(C)C)C(=O)[O-]. The second kappa shape index (κ2) is 58.1. The van der Waals surface area contributed by atoms with Gasteiger partial charge in [0, 0.05) is 12.8 Å². The molecular formula is C67H121NO8. The van der Waals surface area contributed by atoms with Crippen LogP contribution < -0.4 is 5.11 Å². The molecule has 0 aliphatic carbocycles. The zero-order chi connectivity index (χ0) is 55.5. The lowest BCUT2D eigenvalue weighted by Crippen LogP contribution is -2.44. The van der Waals surface area contributed by atoms with E-state index < -0.39 is 24.3 Å². The molecule has 0 heterocycles. The van der Waals surface area contributed by atoms with Crippen molar-refractivity contribution in [3.8, 4) is 0 Å². The van der Waals surface area contributed by atoms with Crippen molar-refractivity contribution < 1.29 is 42.9 Å². The van der Waals surface area contributed by atoms with Crippen molar-refractivity contribution in [1.82, 2.24) is 0 Å². The third-order valence-corrected chi connectivity index (χ3v) is 14.0. The minimum atomic E-state index is -1.62. The number of rotatable bonds is 59. The Morgan fingerprint density at radius 3 is 1.12 bits per heavy atom. The van der Waals surface area contributed by atoms with Gasteiger partial charge in [0.1, 0.15) is 13.2 Å². The van der Waals surface area contributed by atoms with Gasteiger partial charge in [0.25, 0.3) is 0 Å². The Morgan fingerprint density at radius 2 is 0.750 bits per heavy atom. The summed E-state index contributed by atoms with van der Waals surface area (Å²) in [5.41, 5.74) is 0. The van der Waals surface area contributed by atoms with Crippen LogP contribution in [0.2, 0.25) is 0 Å². The molecule has 9 heteroatoms. The maximum absolute atomic E-state index is 12.9. The van der Waals surface area contributed by atoms with E-state index in [0.717, 1.165) is 77.0 Å². The highest BCUT2D eigenvalue weighted by Crippen LogP contribution is 2.18. The zero-order valence-corrected chi connectivity index (χ0v) is 50.4. The van der Waals surface area contributed by atoms with Crippen LogP contribution in [-0.2, 0) is 33.3 Å². The van der Waals surface area contributed by atoms with Gasteiger partial charge in [0.15, 0.2) is 12.4 Å². The fraction of sp³-hybridized carbons (Fsp3) is 0.806. The van der Waals surface area contributed by atoms with Gasteiger partial charge in [-0.05, 0) is 57.8 Å². The first-order valence-electron chi connectivity index (χ1n) is 31.9. The summed E-state index contributed by atoms with van der Waals surface area (Å²) < 4.78 is 22.8. The number of hydrogen-bond donors (Lipinski definition) is 0. The second-order valence-corrected chi connectivity index (χ2v) is 22.7. The Morgan fingerprint density at radius 1 is 0.408 bits per heavy atom. The standard InChI is InChI=1S/C67H121NO8/c1-6-8-10-12-14-16-18-20-22-24-26-28-30-32-34-35-37-39-41-43-45-47-49-51-53-55-57-64(69)74-61-63(62-75-67(66(71)72)73-60-59-68(3,4)5)76-65(70)58-56-54-52-50-48-46-44-42-40-38-36-33-31-29-27-25-23-21-19-17-15-13-11-9-7-2/h9,11,15,17,21,23,27,29,33,36,63,67H,6-8,10,12-14,16,18-20,22,24-26,28,30-32,34-35,37-62H2,1-5H3/b11-9-,17-15-,23-21-,29-27-,36-33-. The molecular weight excluding hydrogens is 947 g/mol.